The zero-order chi connectivity index (χ0) is 17.6. The van der Waals surface area contributed by atoms with Crippen molar-refractivity contribution in [3.05, 3.63) is 59.1 Å². The zero-order valence-electron chi connectivity index (χ0n) is 14.2. The molecule has 0 saturated carbocycles. The van der Waals surface area contributed by atoms with Gasteiger partial charge < -0.3 is 15.4 Å². The predicted octanol–water partition coefficient (Wildman–Crippen LogP) is 4.84. The lowest BCUT2D eigenvalue weighted by Crippen LogP contribution is -2.32. The molecule has 2 rings (SSSR count). The van der Waals surface area contributed by atoms with Crippen LogP contribution in [0, 0.1) is 0 Å². The minimum Gasteiger partial charge on any atom is -0.491 e. The summed E-state index contributed by atoms with van der Waals surface area (Å²) >= 11 is 5.88. The Morgan fingerprint density at radius 2 is 1.88 bits per heavy atom. The molecule has 0 saturated heterocycles. The number of para-hydroxylation sites is 1. The van der Waals surface area contributed by atoms with Crippen molar-refractivity contribution in [3.8, 4) is 5.75 Å². The molecule has 2 aromatic carbocycles. The van der Waals surface area contributed by atoms with Gasteiger partial charge in [-0.1, -0.05) is 56.6 Å². The second-order valence-corrected chi connectivity index (χ2v) is 6.92. The minimum atomic E-state index is -0.287. The molecule has 2 aromatic rings. The number of nitrogens with one attached hydrogen (secondary N) is 2. The van der Waals surface area contributed by atoms with Gasteiger partial charge in [0.25, 0.3) is 0 Å². The Kier molecular flexibility index (Phi) is 6.10. The predicted molar refractivity (Wildman–Crippen MR) is 99.1 cm³/mol. The lowest BCUT2D eigenvalue weighted by Gasteiger charge is -2.22. The molecule has 2 amide bonds. The number of hydrogen-bond donors (Lipinski definition) is 2. The highest BCUT2D eigenvalue weighted by Crippen LogP contribution is 2.30. The van der Waals surface area contributed by atoms with E-state index in [9.17, 15) is 4.79 Å². The molecule has 24 heavy (non-hydrogen) atoms. The molecule has 0 heterocycles. The van der Waals surface area contributed by atoms with Crippen LogP contribution in [0.3, 0.4) is 0 Å². The average Bonchev–Trinajstić information content (AvgIpc) is 2.51. The number of rotatable bonds is 5. The maximum atomic E-state index is 11.8. The summed E-state index contributed by atoms with van der Waals surface area (Å²) in [6.45, 7) is 7.24. The maximum absolute atomic E-state index is 11.8. The van der Waals surface area contributed by atoms with Crippen molar-refractivity contribution in [2.24, 2.45) is 0 Å². The van der Waals surface area contributed by atoms with Gasteiger partial charge in [-0.25, -0.2) is 4.79 Å². The Balaban J connectivity index is 1.80. The summed E-state index contributed by atoms with van der Waals surface area (Å²) in [5.74, 6) is 0.849. The smallest absolute Gasteiger partial charge is 0.319 e. The highest BCUT2D eigenvalue weighted by atomic mass is 35.5. The third kappa shape index (κ3) is 5.46. The Morgan fingerprint density at radius 1 is 1.12 bits per heavy atom. The first-order valence-corrected chi connectivity index (χ1v) is 8.27. The summed E-state index contributed by atoms with van der Waals surface area (Å²) in [4.78, 5) is 11.8. The molecule has 0 spiro atoms. The number of halogens is 1. The Morgan fingerprint density at radius 3 is 2.58 bits per heavy atom. The second-order valence-electron chi connectivity index (χ2n) is 6.49. The molecule has 0 bridgehead atoms. The van der Waals surface area contributed by atoms with E-state index in [-0.39, 0.29) is 11.4 Å². The fraction of sp³-hybridized carbons (Fsp3) is 0.316. The molecule has 128 valence electrons. The third-order valence-electron chi connectivity index (χ3n) is 3.42. The van der Waals surface area contributed by atoms with Crippen LogP contribution < -0.4 is 15.4 Å². The molecule has 0 aliphatic carbocycles. The van der Waals surface area contributed by atoms with Gasteiger partial charge in [-0.15, -0.1) is 0 Å². The van der Waals surface area contributed by atoms with E-state index in [1.165, 1.54) is 0 Å². The molecule has 0 unspecified atom stereocenters. The second kappa shape index (κ2) is 8.06. The van der Waals surface area contributed by atoms with Crippen LogP contribution in [0.1, 0.15) is 26.3 Å². The van der Waals surface area contributed by atoms with Gasteiger partial charge in [0.05, 0.1) is 6.54 Å². The molecular weight excluding hydrogens is 324 g/mol. The van der Waals surface area contributed by atoms with Crippen molar-refractivity contribution < 1.29 is 9.53 Å². The monoisotopic (exact) mass is 346 g/mol. The highest BCUT2D eigenvalue weighted by Gasteiger charge is 2.18. The molecule has 0 radical (unpaired) electrons. The van der Waals surface area contributed by atoms with Crippen molar-refractivity contribution >= 4 is 23.3 Å². The van der Waals surface area contributed by atoms with Gasteiger partial charge in [0.15, 0.2) is 0 Å². The van der Waals surface area contributed by atoms with Crippen LogP contribution in [0.25, 0.3) is 0 Å². The molecule has 2 N–H and O–H groups in total. The van der Waals surface area contributed by atoms with Crippen molar-refractivity contribution in [1.29, 1.82) is 0 Å². The molecule has 4 nitrogen and oxygen atoms in total. The molecule has 0 atom stereocenters. The molecule has 5 heteroatoms. The largest absolute Gasteiger partial charge is 0.491 e. The summed E-state index contributed by atoms with van der Waals surface area (Å²) in [6.07, 6.45) is 0. The van der Waals surface area contributed by atoms with Gasteiger partial charge in [0, 0.05) is 10.7 Å². The normalized spacial score (nSPS) is 11.0. The molecule has 0 aliphatic rings. The number of urea groups is 1. The van der Waals surface area contributed by atoms with Gasteiger partial charge in [-0.2, -0.15) is 0 Å². The minimum absolute atomic E-state index is 0.00791. The van der Waals surface area contributed by atoms with Gasteiger partial charge in [-0.05, 0) is 35.2 Å². The summed E-state index contributed by atoms with van der Waals surface area (Å²) in [6, 6.07) is 14.7. The first kappa shape index (κ1) is 18.1. The van der Waals surface area contributed by atoms with E-state index in [2.05, 4.69) is 37.5 Å². The quantitative estimate of drug-likeness (QED) is 0.761. The average molecular weight is 347 g/mol. The fourth-order valence-corrected chi connectivity index (χ4v) is 2.47. The van der Waals surface area contributed by atoms with Gasteiger partial charge in [0.1, 0.15) is 12.4 Å². The third-order valence-corrected chi connectivity index (χ3v) is 3.66. The first-order chi connectivity index (χ1) is 11.4. The first-order valence-electron chi connectivity index (χ1n) is 7.89. The van der Waals surface area contributed by atoms with E-state index >= 15 is 0 Å². The summed E-state index contributed by atoms with van der Waals surface area (Å²) < 4.78 is 5.82. The topological polar surface area (TPSA) is 50.4 Å². The van der Waals surface area contributed by atoms with Crippen LogP contribution in [0.2, 0.25) is 5.02 Å². The number of carbonyl (C=O) groups excluding carboxylic acids is 1. The van der Waals surface area contributed by atoms with E-state index < -0.39 is 0 Å². The number of amides is 2. The fourth-order valence-electron chi connectivity index (χ4n) is 2.28. The van der Waals surface area contributed by atoms with Gasteiger partial charge in [-0.3, -0.25) is 0 Å². The highest BCUT2D eigenvalue weighted by molar-refractivity contribution is 6.30. The van der Waals surface area contributed by atoms with E-state index in [1.807, 2.05) is 18.2 Å². The van der Waals surface area contributed by atoms with Crippen LogP contribution in [0.15, 0.2) is 48.5 Å². The van der Waals surface area contributed by atoms with Crippen LogP contribution in [0.5, 0.6) is 5.75 Å². The summed E-state index contributed by atoms with van der Waals surface area (Å²) in [5, 5.41) is 6.07. The van der Waals surface area contributed by atoms with Crippen LogP contribution in [-0.4, -0.2) is 19.2 Å². The van der Waals surface area contributed by atoms with Crippen molar-refractivity contribution in [1.82, 2.24) is 5.32 Å². The summed E-state index contributed by atoms with van der Waals surface area (Å²) in [7, 11) is 0. The van der Waals surface area contributed by atoms with E-state index in [4.69, 9.17) is 16.3 Å². The van der Waals surface area contributed by atoms with Crippen molar-refractivity contribution in [2.75, 3.05) is 18.5 Å². The number of hydrogen-bond acceptors (Lipinski definition) is 2. The van der Waals surface area contributed by atoms with E-state index in [0.29, 0.717) is 23.9 Å². The van der Waals surface area contributed by atoms with Crippen LogP contribution in [0.4, 0.5) is 10.5 Å². The molecule has 0 fully saturated rings. The van der Waals surface area contributed by atoms with Crippen LogP contribution in [-0.2, 0) is 5.41 Å². The number of carbonyl (C=O) groups is 1. The van der Waals surface area contributed by atoms with E-state index in [1.54, 1.807) is 24.3 Å². The molecule has 0 aromatic heterocycles. The number of ether oxygens (including phenoxy) is 1. The van der Waals surface area contributed by atoms with Gasteiger partial charge >= 0.3 is 6.03 Å². The van der Waals surface area contributed by atoms with Crippen LogP contribution >= 0.6 is 11.6 Å². The SMILES string of the molecule is CC(C)(C)c1ccccc1OCCNC(=O)Nc1cccc(Cl)c1. The number of benzene rings is 2. The lowest BCUT2D eigenvalue weighted by atomic mass is 9.86. The Bertz CT molecular complexity index is 696. The molecular formula is C19H23ClN2O2. The summed E-state index contributed by atoms with van der Waals surface area (Å²) in [5.41, 5.74) is 1.81. The van der Waals surface area contributed by atoms with E-state index in [0.717, 1.165) is 11.3 Å². The van der Waals surface area contributed by atoms with Crippen molar-refractivity contribution in [3.63, 3.8) is 0 Å². The standard InChI is InChI=1S/C19H23ClN2O2/c1-19(2,3)16-9-4-5-10-17(16)24-12-11-21-18(23)22-15-8-6-7-14(20)13-15/h4-10,13H,11-12H2,1-3H3,(H2,21,22,23). The maximum Gasteiger partial charge on any atom is 0.319 e. The molecule has 0 aliphatic heterocycles. The lowest BCUT2D eigenvalue weighted by molar-refractivity contribution is 0.247. The van der Waals surface area contributed by atoms with Crippen molar-refractivity contribution in [2.45, 2.75) is 26.2 Å². The number of anilines is 1. The zero-order valence-corrected chi connectivity index (χ0v) is 15.0. The Labute approximate surface area is 148 Å². The Hall–Kier alpha value is -2.20. The van der Waals surface area contributed by atoms with Gasteiger partial charge in [0.2, 0.25) is 0 Å².